The van der Waals surface area contributed by atoms with Crippen molar-refractivity contribution >= 4 is 11.6 Å². The fraction of sp³-hybridized carbons (Fsp3) is 0.478. The molecule has 4 nitrogen and oxygen atoms in total. The maximum absolute atomic E-state index is 6.73. The summed E-state index contributed by atoms with van der Waals surface area (Å²) in [5.74, 6) is 0. The molecule has 0 aliphatic carbocycles. The van der Waals surface area contributed by atoms with Gasteiger partial charge in [-0.2, -0.15) is 0 Å². The maximum atomic E-state index is 6.73. The van der Waals surface area contributed by atoms with E-state index in [4.69, 9.17) is 25.8 Å². The van der Waals surface area contributed by atoms with Gasteiger partial charge in [0.15, 0.2) is 0 Å². The molecule has 150 valence electrons. The first-order chi connectivity index (χ1) is 13.7. The van der Waals surface area contributed by atoms with E-state index in [1.807, 2.05) is 18.2 Å². The average Bonchev–Trinajstić information content (AvgIpc) is 2.89. The molecule has 0 radical (unpaired) electrons. The van der Waals surface area contributed by atoms with Crippen LogP contribution in [0.2, 0.25) is 5.02 Å². The molecule has 5 atom stereocenters. The van der Waals surface area contributed by atoms with Crippen LogP contribution in [-0.4, -0.2) is 50.1 Å². The summed E-state index contributed by atoms with van der Waals surface area (Å²) in [6.45, 7) is 0.352. The van der Waals surface area contributed by atoms with Crippen molar-refractivity contribution in [2.75, 3.05) is 21.0 Å². The molecule has 2 aromatic rings. The second-order valence-electron chi connectivity index (χ2n) is 7.81. The molecule has 0 amide bonds. The molecular formula is C23H28ClNO3. The fourth-order valence-corrected chi connectivity index (χ4v) is 4.75. The number of ether oxygens (including phenoxy) is 3. The molecular weight excluding hydrogens is 374 g/mol. The van der Waals surface area contributed by atoms with Crippen molar-refractivity contribution in [2.24, 2.45) is 0 Å². The molecule has 0 N–H and O–H groups in total. The van der Waals surface area contributed by atoms with Gasteiger partial charge in [-0.25, -0.2) is 0 Å². The number of rotatable bonds is 7. The molecule has 28 heavy (non-hydrogen) atoms. The van der Waals surface area contributed by atoms with Crippen molar-refractivity contribution < 1.29 is 14.2 Å². The van der Waals surface area contributed by atoms with Crippen LogP contribution in [0.1, 0.15) is 36.5 Å². The first-order valence-electron chi connectivity index (χ1n) is 9.94. The number of halogens is 1. The van der Waals surface area contributed by atoms with E-state index in [1.165, 1.54) is 5.56 Å². The van der Waals surface area contributed by atoms with Gasteiger partial charge in [0.25, 0.3) is 0 Å². The molecule has 0 saturated carbocycles. The quantitative estimate of drug-likeness (QED) is 0.631. The van der Waals surface area contributed by atoms with E-state index in [0.717, 1.165) is 29.8 Å². The smallest absolute Gasteiger partial charge is 0.146 e. The lowest BCUT2D eigenvalue weighted by Gasteiger charge is -2.38. The van der Waals surface area contributed by atoms with Gasteiger partial charge in [-0.15, -0.1) is 0 Å². The Balaban J connectivity index is 1.52. The Bertz CT molecular complexity index is 754. The predicted molar refractivity (Wildman–Crippen MR) is 111 cm³/mol. The van der Waals surface area contributed by atoms with Crippen LogP contribution in [0.25, 0.3) is 0 Å². The molecule has 0 spiro atoms. The van der Waals surface area contributed by atoms with Crippen molar-refractivity contribution in [3.05, 3.63) is 70.7 Å². The zero-order valence-electron chi connectivity index (χ0n) is 16.5. The molecule has 2 aliphatic heterocycles. The summed E-state index contributed by atoms with van der Waals surface area (Å²) in [6, 6.07) is 19.3. The maximum Gasteiger partial charge on any atom is 0.146 e. The number of hydrogen-bond acceptors (Lipinski definition) is 4. The molecule has 2 bridgehead atoms. The minimum atomic E-state index is -0.0929. The summed E-state index contributed by atoms with van der Waals surface area (Å²) in [7, 11) is 3.88. The molecule has 2 saturated heterocycles. The van der Waals surface area contributed by atoms with Crippen LogP contribution in [0.3, 0.4) is 0 Å². The van der Waals surface area contributed by atoms with E-state index in [2.05, 4.69) is 48.3 Å². The van der Waals surface area contributed by atoms with Crippen molar-refractivity contribution in [3.8, 4) is 0 Å². The topological polar surface area (TPSA) is 30.9 Å². The number of likely N-dealkylation sites (N-methyl/N-ethyl adjacent to an activating group) is 1. The summed E-state index contributed by atoms with van der Waals surface area (Å²) in [5, 5.41) is 0.742. The monoisotopic (exact) mass is 401 g/mol. The van der Waals surface area contributed by atoms with Gasteiger partial charge in [0.2, 0.25) is 0 Å². The number of fused-ring (bicyclic) bond motifs is 2. The van der Waals surface area contributed by atoms with Crippen LogP contribution in [0.15, 0.2) is 54.6 Å². The molecule has 2 heterocycles. The van der Waals surface area contributed by atoms with E-state index >= 15 is 0 Å². The predicted octanol–water partition coefficient (Wildman–Crippen LogP) is 4.67. The van der Waals surface area contributed by atoms with Crippen molar-refractivity contribution in [2.45, 2.75) is 49.7 Å². The molecule has 5 heteroatoms. The third-order valence-corrected chi connectivity index (χ3v) is 6.33. The van der Waals surface area contributed by atoms with E-state index in [-0.39, 0.29) is 18.3 Å². The van der Waals surface area contributed by atoms with E-state index in [0.29, 0.717) is 18.9 Å². The lowest BCUT2D eigenvalue weighted by Crippen LogP contribution is -2.45. The molecule has 1 unspecified atom stereocenters. The van der Waals surface area contributed by atoms with E-state index in [9.17, 15) is 0 Å². The zero-order chi connectivity index (χ0) is 19.5. The molecule has 4 rings (SSSR count). The number of hydrogen-bond donors (Lipinski definition) is 0. The first kappa shape index (κ1) is 19.9. The molecule has 2 aliphatic rings. The third kappa shape index (κ3) is 4.27. The van der Waals surface area contributed by atoms with Crippen LogP contribution in [0.4, 0.5) is 0 Å². The summed E-state index contributed by atoms with van der Waals surface area (Å²) in [4.78, 5) is 2.46. The number of nitrogens with zero attached hydrogens (tertiary/aromatic N) is 1. The lowest BCUT2D eigenvalue weighted by molar-refractivity contribution is -0.0933. The second kappa shape index (κ2) is 8.93. The van der Waals surface area contributed by atoms with Crippen LogP contribution < -0.4 is 0 Å². The van der Waals surface area contributed by atoms with Gasteiger partial charge in [-0.05, 0) is 49.6 Å². The van der Waals surface area contributed by atoms with Crippen LogP contribution in [-0.2, 0) is 14.2 Å². The van der Waals surface area contributed by atoms with Crippen LogP contribution in [0.5, 0.6) is 0 Å². The van der Waals surface area contributed by atoms with Gasteiger partial charge in [0, 0.05) is 24.2 Å². The van der Waals surface area contributed by atoms with Crippen LogP contribution >= 0.6 is 11.6 Å². The Labute approximate surface area is 172 Å². The highest BCUT2D eigenvalue weighted by Gasteiger charge is 2.46. The van der Waals surface area contributed by atoms with Crippen molar-refractivity contribution in [3.63, 3.8) is 0 Å². The Morgan fingerprint density at radius 3 is 2.43 bits per heavy atom. The van der Waals surface area contributed by atoms with Crippen LogP contribution in [0, 0.1) is 0 Å². The fourth-order valence-electron chi connectivity index (χ4n) is 4.63. The normalized spacial score (nSPS) is 28.4. The largest absolute Gasteiger partial charge is 0.365 e. The molecule has 0 aromatic heterocycles. The Kier molecular flexibility index (Phi) is 6.34. The van der Waals surface area contributed by atoms with Gasteiger partial charge in [-0.3, -0.25) is 4.90 Å². The Morgan fingerprint density at radius 1 is 1.00 bits per heavy atom. The van der Waals surface area contributed by atoms with Gasteiger partial charge >= 0.3 is 0 Å². The van der Waals surface area contributed by atoms with E-state index < -0.39 is 0 Å². The molecule has 2 aromatic carbocycles. The number of methoxy groups -OCH3 is 1. The van der Waals surface area contributed by atoms with Gasteiger partial charge in [0.05, 0.1) is 12.2 Å². The Hall–Kier alpha value is -1.43. The third-order valence-electron chi connectivity index (χ3n) is 6.08. The lowest BCUT2D eigenvalue weighted by atomic mass is 9.97. The summed E-state index contributed by atoms with van der Waals surface area (Å²) in [5.41, 5.74) is 2.30. The minimum absolute atomic E-state index is 0.0929. The summed E-state index contributed by atoms with van der Waals surface area (Å²) < 4.78 is 17.8. The zero-order valence-corrected chi connectivity index (χ0v) is 17.2. The standard InChI is InChI=1S/C23H28ClNO3/c1-25-19-12-20(14-21(25)22(13-19)27-15-26-2)28-23(16-6-4-3-5-7-16)17-8-10-18(24)11-9-17/h3-11,19-23H,12-15H2,1-2H3/t19-,20-,21+,22-,23?/m0/s1. The summed E-state index contributed by atoms with van der Waals surface area (Å²) in [6.07, 6.45) is 3.36. The van der Waals surface area contributed by atoms with Crippen molar-refractivity contribution in [1.82, 2.24) is 4.90 Å². The van der Waals surface area contributed by atoms with Gasteiger partial charge in [0.1, 0.15) is 12.9 Å². The van der Waals surface area contributed by atoms with E-state index in [1.54, 1.807) is 7.11 Å². The average molecular weight is 402 g/mol. The van der Waals surface area contributed by atoms with Gasteiger partial charge < -0.3 is 14.2 Å². The second-order valence-corrected chi connectivity index (χ2v) is 8.24. The summed E-state index contributed by atoms with van der Waals surface area (Å²) >= 11 is 6.10. The highest BCUT2D eigenvalue weighted by Crippen LogP contribution is 2.40. The first-order valence-corrected chi connectivity index (χ1v) is 10.3. The van der Waals surface area contributed by atoms with Gasteiger partial charge in [-0.1, -0.05) is 54.1 Å². The SMILES string of the molecule is COCO[C@H]1C[C@@H]2C[C@H](OC(c3ccccc3)c3ccc(Cl)cc3)C[C@H]1N2C. The highest BCUT2D eigenvalue weighted by molar-refractivity contribution is 6.30. The number of benzene rings is 2. The van der Waals surface area contributed by atoms with Crippen molar-refractivity contribution in [1.29, 1.82) is 0 Å². The minimum Gasteiger partial charge on any atom is -0.365 e. The molecule has 2 fully saturated rings. The Morgan fingerprint density at radius 2 is 1.71 bits per heavy atom. The highest BCUT2D eigenvalue weighted by atomic mass is 35.5. The number of piperidine rings is 1.